The van der Waals surface area contributed by atoms with Crippen molar-refractivity contribution in [1.82, 2.24) is 0 Å². The lowest BCUT2D eigenvalue weighted by molar-refractivity contribution is -0.138. The van der Waals surface area contributed by atoms with E-state index in [2.05, 4.69) is 4.99 Å². The number of carbonyl (C=O) groups excluding carboxylic acids is 1. The van der Waals surface area contributed by atoms with Crippen LogP contribution >= 0.6 is 23.4 Å². The maximum absolute atomic E-state index is 12.4. The zero-order valence-electron chi connectivity index (χ0n) is 14.7. The van der Waals surface area contributed by atoms with Crippen molar-refractivity contribution >= 4 is 46.1 Å². The molecule has 0 amide bonds. The van der Waals surface area contributed by atoms with Crippen LogP contribution in [-0.4, -0.2) is 32.9 Å². The van der Waals surface area contributed by atoms with Crippen LogP contribution < -0.4 is 0 Å². The molecular formula is C20H16ClNO5S. The molecule has 0 saturated heterocycles. The number of hydrogen-bond donors (Lipinski definition) is 3. The van der Waals surface area contributed by atoms with Crippen LogP contribution in [0, 0.1) is 0 Å². The summed E-state index contributed by atoms with van der Waals surface area (Å²) in [6, 6.07) is 11.0. The summed E-state index contributed by atoms with van der Waals surface area (Å²) in [4.78, 5) is 17.1. The highest BCUT2D eigenvalue weighted by Crippen LogP contribution is 2.41. The molecule has 0 unspecified atom stereocenters. The fourth-order valence-electron chi connectivity index (χ4n) is 2.44. The molecule has 0 fully saturated rings. The lowest BCUT2D eigenvalue weighted by atomic mass is 10.1. The minimum absolute atomic E-state index is 0.0407. The molecule has 3 rings (SSSR count). The molecule has 0 spiro atoms. The average Bonchev–Trinajstić information content (AvgIpc) is 2.93. The Morgan fingerprint density at radius 1 is 1.18 bits per heavy atom. The average molecular weight is 418 g/mol. The van der Waals surface area contributed by atoms with Gasteiger partial charge in [-0.3, -0.25) is 0 Å². The predicted octanol–water partition coefficient (Wildman–Crippen LogP) is 4.94. The summed E-state index contributed by atoms with van der Waals surface area (Å²) in [5, 5.41) is 30.5. The van der Waals surface area contributed by atoms with Gasteiger partial charge in [0.05, 0.1) is 17.2 Å². The highest BCUT2D eigenvalue weighted by molar-refractivity contribution is 8.18. The molecule has 1 aliphatic rings. The second-order valence-electron chi connectivity index (χ2n) is 5.70. The van der Waals surface area contributed by atoms with E-state index in [-0.39, 0.29) is 34.5 Å². The van der Waals surface area contributed by atoms with Crippen LogP contribution in [0.15, 0.2) is 63.7 Å². The maximum atomic E-state index is 12.4. The van der Waals surface area contributed by atoms with E-state index >= 15 is 0 Å². The van der Waals surface area contributed by atoms with Crippen LogP contribution in [0.2, 0.25) is 5.02 Å². The number of halogens is 1. The molecule has 0 radical (unpaired) electrons. The second-order valence-corrected chi connectivity index (χ2v) is 7.17. The Hall–Kier alpha value is -2.90. The number of rotatable bonds is 4. The number of esters is 1. The Balaban J connectivity index is 2.05. The molecule has 0 atom stereocenters. The van der Waals surface area contributed by atoms with Gasteiger partial charge in [-0.05, 0) is 48.9 Å². The molecular weight excluding hydrogens is 402 g/mol. The Labute approximate surface area is 170 Å². The van der Waals surface area contributed by atoms with Crippen LogP contribution in [-0.2, 0) is 9.53 Å². The van der Waals surface area contributed by atoms with Crippen molar-refractivity contribution in [2.24, 2.45) is 4.99 Å². The van der Waals surface area contributed by atoms with Gasteiger partial charge in [-0.2, -0.15) is 0 Å². The first kappa shape index (κ1) is 19.9. The summed E-state index contributed by atoms with van der Waals surface area (Å²) in [5.41, 5.74) is 1.01. The topological polar surface area (TPSA) is 99.4 Å². The van der Waals surface area contributed by atoms with E-state index in [4.69, 9.17) is 16.3 Å². The normalized spacial score (nSPS) is 16.8. The first-order valence-electron chi connectivity index (χ1n) is 8.26. The van der Waals surface area contributed by atoms with Gasteiger partial charge in [0.2, 0.25) is 0 Å². The fourth-order valence-corrected chi connectivity index (χ4v) is 3.66. The lowest BCUT2D eigenvalue weighted by Gasteiger charge is -2.04. The molecule has 0 aromatic heterocycles. The predicted molar refractivity (Wildman–Crippen MR) is 110 cm³/mol. The summed E-state index contributed by atoms with van der Waals surface area (Å²) >= 11 is 7.07. The lowest BCUT2D eigenvalue weighted by Crippen LogP contribution is -2.12. The van der Waals surface area contributed by atoms with E-state index in [1.165, 1.54) is 12.1 Å². The van der Waals surface area contributed by atoms with Gasteiger partial charge in [0.15, 0.2) is 11.5 Å². The van der Waals surface area contributed by atoms with Crippen LogP contribution in [0.4, 0.5) is 5.69 Å². The van der Waals surface area contributed by atoms with Crippen molar-refractivity contribution in [2.75, 3.05) is 6.61 Å². The number of phenols is 2. The van der Waals surface area contributed by atoms with Crippen LogP contribution in [0.5, 0.6) is 11.5 Å². The molecule has 0 aliphatic carbocycles. The molecule has 2 aromatic rings. The zero-order chi connectivity index (χ0) is 20.3. The molecule has 2 aromatic carbocycles. The van der Waals surface area contributed by atoms with E-state index in [1.807, 2.05) is 0 Å². The number of phenolic OH excluding ortho intramolecular Hbond substituents is 2. The standard InChI is InChI=1S/C20H16ClNO5S/c1-2-27-20(26)17-18(25)16(9-11-6-7-14(23)15(24)8-11)28-19(17)22-13-5-3-4-12(21)10-13/h3-10,23-25H,2H2,1H3/b16-9+,22-19?. The third kappa shape index (κ3) is 4.32. The molecule has 6 nitrogen and oxygen atoms in total. The maximum Gasteiger partial charge on any atom is 0.344 e. The number of benzene rings is 2. The highest BCUT2D eigenvalue weighted by atomic mass is 35.5. The number of aliphatic hydroxyl groups is 1. The minimum atomic E-state index is -0.690. The number of thioether (sulfide) groups is 1. The molecule has 0 bridgehead atoms. The van der Waals surface area contributed by atoms with Crippen molar-refractivity contribution in [1.29, 1.82) is 0 Å². The van der Waals surface area contributed by atoms with Crippen LogP contribution in [0.25, 0.3) is 6.08 Å². The molecule has 3 N–H and O–H groups in total. The van der Waals surface area contributed by atoms with Crippen LogP contribution in [0.3, 0.4) is 0 Å². The van der Waals surface area contributed by atoms with E-state index in [9.17, 15) is 20.1 Å². The Morgan fingerprint density at radius 3 is 2.64 bits per heavy atom. The first-order valence-corrected chi connectivity index (χ1v) is 9.45. The number of aliphatic imine (C=N–C) groups is 1. The first-order chi connectivity index (χ1) is 13.4. The van der Waals surface area contributed by atoms with Gasteiger partial charge < -0.3 is 20.1 Å². The van der Waals surface area contributed by atoms with E-state index in [0.717, 1.165) is 11.8 Å². The van der Waals surface area contributed by atoms with E-state index < -0.39 is 5.97 Å². The van der Waals surface area contributed by atoms with Gasteiger partial charge in [-0.25, -0.2) is 9.79 Å². The van der Waals surface area contributed by atoms with Crippen molar-refractivity contribution in [3.63, 3.8) is 0 Å². The monoisotopic (exact) mass is 417 g/mol. The summed E-state index contributed by atoms with van der Waals surface area (Å²) in [6.45, 7) is 1.82. The fraction of sp³-hybridized carbons (Fsp3) is 0.100. The largest absolute Gasteiger partial charge is 0.506 e. The molecule has 1 aliphatic heterocycles. The number of nitrogens with zero attached hydrogens (tertiary/aromatic N) is 1. The van der Waals surface area contributed by atoms with Crippen molar-refractivity contribution in [3.8, 4) is 11.5 Å². The minimum Gasteiger partial charge on any atom is -0.506 e. The number of hydrogen-bond acceptors (Lipinski definition) is 7. The van der Waals surface area contributed by atoms with Gasteiger partial charge in [0.1, 0.15) is 16.4 Å². The Kier molecular flexibility index (Phi) is 5.96. The van der Waals surface area contributed by atoms with E-state index in [1.54, 1.807) is 43.3 Å². The van der Waals surface area contributed by atoms with Gasteiger partial charge >= 0.3 is 5.97 Å². The van der Waals surface area contributed by atoms with Crippen LogP contribution in [0.1, 0.15) is 12.5 Å². The smallest absolute Gasteiger partial charge is 0.344 e. The summed E-state index contributed by atoms with van der Waals surface area (Å²) < 4.78 is 5.04. The quantitative estimate of drug-likeness (QED) is 0.481. The second kappa shape index (κ2) is 8.41. The highest BCUT2D eigenvalue weighted by Gasteiger charge is 2.33. The van der Waals surface area contributed by atoms with Gasteiger partial charge in [-0.1, -0.05) is 35.5 Å². The summed E-state index contributed by atoms with van der Waals surface area (Å²) in [5.74, 6) is -1.50. The molecule has 8 heteroatoms. The van der Waals surface area contributed by atoms with Gasteiger partial charge in [0.25, 0.3) is 0 Å². The van der Waals surface area contributed by atoms with E-state index in [0.29, 0.717) is 21.2 Å². The molecule has 28 heavy (non-hydrogen) atoms. The molecule has 1 heterocycles. The van der Waals surface area contributed by atoms with Gasteiger partial charge in [0, 0.05) is 5.02 Å². The SMILES string of the molecule is CCOC(=O)C1=C(O)/C(=C\c2ccc(O)c(O)c2)SC1=Nc1cccc(Cl)c1. The zero-order valence-corrected chi connectivity index (χ0v) is 16.3. The molecule has 144 valence electrons. The van der Waals surface area contributed by atoms with Gasteiger partial charge in [-0.15, -0.1) is 0 Å². The Bertz CT molecular complexity index is 1030. The summed E-state index contributed by atoms with van der Waals surface area (Å²) in [7, 11) is 0. The van der Waals surface area contributed by atoms with Crippen molar-refractivity contribution < 1.29 is 24.9 Å². The van der Waals surface area contributed by atoms with Crippen molar-refractivity contribution in [3.05, 3.63) is 69.3 Å². The number of carbonyl (C=O) groups is 1. The number of ether oxygens (including phenoxy) is 1. The molecule has 0 saturated carbocycles. The van der Waals surface area contributed by atoms with Crippen molar-refractivity contribution in [2.45, 2.75) is 6.92 Å². The summed E-state index contributed by atoms with van der Waals surface area (Å²) in [6.07, 6.45) is 1.57. The Morgan fingerprint density at radius 2 is 1.96 bits per heavy atom. The number of aliphatic hydroxyl groups excluding tert-OH is 1. The third-order valence-corrected chi connectivity index (χ3v) is 4.96. The number of aromatic hydroxyl groups is 2. The third-order valence-electron chi connectivity index (χ3n) is 3.71.